The van der Waals surface area contributed by atoms with Gasteiger partial charge in [-0.05, 0) is 38.5 Å². The smallest absolute Gasteiger partial charge is 0.138 e. The summed E-state index contributed by atoms with van der Waals surface area (Å²) >= 11 is 0. The lowest BCUT2D eigenvalue weighted by atomic mass is 10.1. The van der Waals surface area contributed by atoms with Gasteiger partial charge in [-0.15, -0.1) is 0 Å². The van der Waals surface area contributed by atoms with Crippen LogP contribution in [0.15, 0.2) is 36.4 Å². The molecule has 1 aromatic carbocycles. The predicted octanol–water partition coefficient (Wildman–Crippen LogP) is 3.25. The second-order valence-corrected chi connectivity index (χ2v) is 4.94. The van der Waals surface area contributed by atoms with E-state index < -0.39 is 0 Å². The van der Waals surface area contributed by atoms with Crippen LogP contribution in [0.25, 0.3) is 0 Å². The standard InChI is InChI=1S/C16H20N2O/c1-11-5-4-6-14(9-11)13(3)17-10-15-16(19)8-7-12(2)18-15/h4-9,13,17,19H,10H2,1-3H3/t13-/m1/s1. The van der Waals surface area contributed by atoms with E-state index in [1.54, 1.807) is 6.07 Å². The van der Waals surface area contributed by atoms with Crippen LogP contribution in [0.1, 0.15) is 35.5 Å². The van der Waals surface area contributed by atoms with Crippen LogP contribution in [0.3, 0.4) is 0 Å². The number of benzene rings is 1. The van der Waals surface area contributed by atoms with Gasteiger partial charge < -0.3 is 10.4 Å². The average molecular weight is 256 g/mol. The average Bonchev–Trinajstić information content (AvgIpc) is 2.39. The molecule has 0 radical (unpaired) electrons. The van der Waals surface area contributed by atoms with Crippen molar-refractivity contribution < 1.29 is 5.11 Å². The first-order chi connectivity index (χ1) is 9.06. The van der Waals surface area contributed by atoms with Crippen LogP contribution in [0.4, 0.5) is 0 Å². The molecule has 0 amide bonds. The number of hydrogen-bond donors (Lipinski definition) is 2. The van der Waals surface area contributed by atoms with E-state index >= 15 is 0 Å². The van der Waals surface area contributed by atoms with Crippen LogP contribution >= 0.6 is 0 Å². The van der Waals surface area contributed by atoms with E-state index in [1.165, 1.54) is 11.1 Å². The third-order valence-corrected chi connectivity index (χ3v) is 3.21. The molecule has 0 bridgehead atoms. The molecule has 0 unspecified atom stereocenters. The number of aromatic hydroxyl groups is 1. The summed E-state index contributed by atoms with van der Waals surface area (Å²) in [5.41, 5.74) is 4.10. The Balaban J connectivity index is 2.04. The van der Waals surface area contributed by atoms with Gasteiger partial charge in [-0.3, -0.25) is 4.98 Å². The number of pyridine rings is 1. The molecule has 0 fully saturated rings. The summed E-state index contributed by atoms with van der Waals surface area (Å²) in [6.07, 6.45) is 0. The number of nitrogens with one attached hydrogen (secondary N) is 1. The Morgan fingerprint density at radius 2 is 2.00 bits per heavy atom. The van der Waals surface area contributed by atoms with Crippen molar-refractivity contribution >= 4 is 0 Å². The van der Waals surface area contributed by atoms with Crippen molar-refractivity contribution in [2.45, 2.75) is 33.4 Å². The van der Waals surface area contributed by atoms with Gasteiger partial charge in [-0.2, -0.15) is 0 Å². The first-order valence-electron chi connectivity index (χ1n) is 6.51. The maximum atomic E-state index is 9.76. The highest BCUT2D eigenvalue weighted by molar-refractivity contribution is 5.28. The molecule has 2 N–H and O–H groups in total. The van der Waals surface area contributed by atoms with Crippen LogP contribution in [-0.2, 0) is 6.54 Å². The van der Waals surface area contributed by atoms with Crippen LogP contribution in [0.2, 0.25) is 0 Å². The van der Waals surface area contributed by atoms with Gasteiger partial charge in [0, 0.05) is 18.3 Å². The molecule has 100 valence electrons. The second-order valence-electron chi connectivity index (χ2n) is 4.94. The van der Waals surface area contributed by atoms with Crippen LogP contribution < -0.4 is 5.32 Å². The highest BCUT2D eigenvalue weighted by Gasteiger charge is 2.08. The van der Waals surface area contributed by atoms with E-state index in [2.05, 4.69) is 48.4 Å². The zero-order valence-electron chi connectivity index (χ0n) is 11.6. The number of hydrogen-bond acceptors (Lipinski definition) is 3. The van der Waals surface area contributed by atoms with Gasteiger partial charge in [-0.25, -0.2) is 0 Å². The molecule has 2 aromatic rings. The fraction of sp³-hybridized carbons (Fsp3) is 0.312. The fourth-order valence-electron chi connectivity index (χ4n) is 2.04. The van der Waals surface area contributed by atoms with Crippen molar-refractivity contribution in [2.24, 2.45) is 0 Å². The van der Waals surface area contributed by atoms with Gasteiger partial charge in [0.1, 0.15) is 5.75 Å². The van der Waals surface area contributed by atoms with Crippen molar-refractivity contribution in [2.75, 3.05) is 0 Å². The van der Waals surface area contributed by atoms with Crippen molar-refractivity contribution in [1.82, 2.24) is 10.3 Å². The lowest BCUT2D eigenvalue weighted by molar-refractivity contribution is 0.454. The number of aryl methyl sites for hydroxylation is 2. The molecule has 3 nitrogen and oxygen atoms in total. The van der Waals surface area contributed by atoms with E-state index in [1.807, 2.05) is 13.0 Å². The first-order valence-corrected chi connectivity index (χ1v) is 6.51. The van der Waals surface area contributed by atoms with Crippen molar-refractivity contribution in [3.05, 3.63) is 58.9 Å². The largest absolute Gasteiger partial charge is 0.506 e. The van der Waals surface area contributed by atoms with E-state index in [0.717, 1.165) is 5.69 Å². The van der Waals surface area contributed by atoms with Gasteiger partial charge in [0.05, 0.1) is 5.69 Å². The zero-order chi connectivity index (χ0) is 13.8. The van der Waals surface area contributed by atoms with E-state index in [0.29, 0.717) is 12.2 Å². The number of nitrogens with zero attached hydrogens (tertiary/aromatic N) is 1. The summed E-state index contributed by atoms with van der Waals surface area (Å²) in [5.74, 6) is 0.245. The summed E-state index contributed by atoms with van der Waals surface area (Å²) in [6.45, 7) is 6.68. The Bertz CT molecular complexity index is 566. The van der Waals surface area contributed by atoms with Gasteiger partial charge in [-0.1, -0.05) is 29.8 Å². The fourth-order valence-corrected chi connectivity index (χ4v) is 2.04. The highest BCUT2D eigenvalue weighted by atomic mass is 16.3. The molecule has 0 aliphatic heterocycles. The Kier molecular flexibility index (Phi) is 4.17. The highest BCUT2D eigenvalue weighted by Crippen LogP contribution is 2.18. The molecular formula is C16H20N2O. The first kappa shape index (κ1) is 13.6. The molecule has 1 aromatic heterocycles. The van der Waals surface area contributed by atoms with Gasteiger partial charge in [0.2, 0.25) is 0 Å². The predicted molar refractivity (Wildman–Crippen MR) is 77.1 cm³/mol. The molecule has 0 saturated heterocycles. The quantitative estimate of drug-likeness (QED) is 0.882. The molecule has 3 heteroatoms. The van der Waals surface area contributed by atoms with Crippen molar-refractivity contribution in [1.29, 1.82) is 0 Å². The SMILES string of the molecule is Cc1cccc([C@@H](C)NCc2nc(C)ccc2O)c1. The number of aromatic nitrogens is 1. The van der Waals surface area contributed by atoms with Crippen molar-refractivity contribution in [3.8, 4) is 5.75 Å². The van der Waals surface area contributed by atoms with E-state index in [-0.39, 0.29) is 11.8 Å². The molecule has 19 heavy (non-hydrogen) atoms. The summed E-state index contributed by atoms with van der Waals surface area (Å²) in [7, 11) is 0. The lowest BCUT2D eigenvalue weighted by Gasteiger charge is -2.15. The van der Waals surface area contributed by atoms with Gasteiger partial charge in [0.15, 0.2) is 0 Å². The minimum absolute atomic E-state index is 0.224. The maximum Gasteiger partial charge on any atom is 0.138 e. The zero-order valence-corrected chi connectivity index (χ0v) is 11.6. The topological polar surface area (TPSA) is 45.2 Å². The molecule has 1 atom stereocenters. The maximum absolute atomic E-state index is 9.76. The molecule has 0 aliphatic rings. The lowest BCUT2D eigenvalue weighted by Crippen LogP contribution is -2.19. The van der Waals surface area contributed by atoms with Crippen LogP contribution in [0, 0.1) is 13.8 Å². The second kappa shape index (κ2) is 5.85. The van der Waals surface area contributed by atoms with Gasteiger partial charge in [0.25, 0.3) is 0 Å². The minimum Gasteiger partial charge on any atom is -0.506 e. The van der Waals surface area contributed by atoms with Gasteiger partial charge >= 0.3 is 0 Å². The molecule has 0 saturated carbocycles. The molecule has 2 rings (SSSR count). The summed E-state index contributed by atoms with van der Waals surface area (Å²) in [5, 5.41) is 13.1. The van der Waals surface area contributed by atoms with Crippen LogP contribution in [-0.4, -0.2) is 10.1 Å². The summed E-state index contributed by atoms with van der Waals surface area (Å²) in [6, 6.07) is 12.1. The Morgan fingerprint density at radius 3 is 2.74 bits per heavy atom. The van der Waals surface area contributed by atoms with E-state index in [4.69, 9.17) is 0 Å². The van der Waals surface area contributed by atoms with Crippen molar-refractivity contribution in [3.63, 3.8) is 0 Å². The minimum atomic E-state index is 0.224. The molecule has 0 aliphatic carbocycles. The summed E-state index contributed by atoms with van der Waals surface area (Å²) < 4.78 is 0. The van der Waals surface area contributed by atoms with E-state index in [9.17, 15) is 5.11 Å². The molecular weight excluding hydrogens is 236 g/mol. The third-order valence-electron chi connectivity index (χ3n) is 3.21. The summed E-state index contributed by atoms with van der Waals surface area (Å²) in [4.78, 5) is 4.34. The van der Waals surface area contributed by atoms with Crippen LogP contribution in [0.5, 0.6) is 5.75 Å². The number of rotatable bonds is 4. The normalized spacial score (nSPS) is 12.4. The third kappa shape index (κ3) is 3.55. The Morgan fingerprint density at radius 1 is 1.21 bits per heavy atom. The molecule has 0 spiro atoms. The Hall–Kier alpha value is -1.87. The monoisotopic (exact) mass is 256 g/mol. The molecule has 1 heterocycles. The Labute approximate surface area is 114 Å².